The quantitative estimate of drug-likeness (QED) is 0.598. The average molecular weight is 206 g/mol. The van der Waals surface area contributed by atoms with E-state index < -0.39 is 0 Å². The van der Waals surface area contributed by atoms with Gasteiger partial charge < -0.3 is 15.2 Å². The third kappa shape index (κ3) is 2.86. The summed E-state index contributed by atoms with van der Waals surface area (Å²) in [5, 5.41) is 8.83. The number of nitrogens with zero attached hydrogens (tertiary/aromatic N) is 1. The maximum Gasteiger partial charge on any atom is 0.143 e. The predicted octanol–water partition coefficient (Wildman–Crippen LogP) is 1.47. The molecule has 0 heterocycles. The van der Waals surface area contributed by atoms with Crippen molar-refractivity contribution in [2.45, 2.75) is 6.92 Å². The lowest BCUT2D eigenvalue weighted by atomic mass is 10.1. The largest absolute Gasteiger partial charge is 0.489 e. The molecule has 0 fully saturated rings. The van der Waals surface area contributed by atoms with E-state index >= 15 is 0 Å². The van der Waals surface area contributed by atoms with Crippen molar-refractivity contribution in [3.63, 3.8) is 0 Å². The number of anilines is 1. The monoisotopic (exact) mass is 206 g/mol. The Kier molecular flexibility index (Phi) is 3.95. The molecule has 4 heteroatoms. The van der Waals surface area contributed by atoms with Gasteiger partial charge in [0.1, 0.15) is 18.4 Å². The summed E-state index contributed by atoms with van der Waals surface area (Å²) < 4.78 is 10.3. The molecule has 0 unspecified atom stereocenters. The first-order valence-corrected chi connectivity index (χ1v) is 4.61. The van der Waals surface area contributed by atoms with Gasteiger partial charge >= 0.3 is 0 Å². The summed E-state index contributed by atoms with van der Waals surface area (Å²) in [6, 6.07) is 5.58. The molecule has 0 aliphatic rings. The molecule has 80 valence electrons. The lowest BCUT2D eigenvalue weighted by Gasteiger charge is -2.10. The van der Waals surface area contributed by atoms with Gasteiger partial charge in [-0.25, -0.2) is 0 Å². The second-order valence-corrected chi connectivity index (χ2v) is 3.18. The number of hydrogen-bond donors (Lipinski definition) is 1. The Morgan fingerprint density at radius 2 is 2.13 bits per heavy atom. The Hall–Kier alpha value is -1.73. The fraction of sp³-hybridized carbons (Fsp3) is 0.364. The molecule has 0 radical (unpaired) electrons. The van der Waals surface area contributed by atoms with Crippen LogP contribution in [0.25, 0.3) is 0 Å². The highest BCUT2D eigenvalue weighted by Gasteiger charge is 2.07. The third-order valence-electron chi connectivity index (χ3n) is 1.95. The zero-order chi connectivity index (χ0) is 11.3. The lowest BCUT2D eigenvalue weighted by Crippen LogP contribution is -2.07. The number of rotatable bonds is 4. The standard InChI is InChI=1S/C11H14N2O2/c1-8-5-9(7-12)11(13)10(6-8)15-4-3-14-2/h5-6H,3-4,13H2,1-2H3. The molecular formula is C11H14N2O2. The molecule has 1 aromatic carbocycles. The molecule has 0 amide bonds. The van der Waals surface area contributed by atoms with Gasteiger partial charge in [0.15, 0.2) is 0 Å². The number of nitriles is 1. The molecule has 2 N–H and O–H groups in total. The van der Waals surface area contributed by atoms with Crippen molar-refractivity contribution in [1.82, 2.24) is 0 Å². The first-order valence-electron chi connectivity index (χ1n) is 4.61. The molecule has 0 aromatic heterocycles. The fourth-order valence-corrected chi connectivity index (χ4v) is 1.21. The summed E-state index contributed by atoms with van der Waals surface area (Å²) in [6.45, 7) is 2.81. The van der Waals surface area contributed by atoms with E-state index in [1.165, 1.54) is 0 Å². The maximum absolute atomic E-state index is 8.83. The zero-order valence-electron chi connectivity index (χ0n) is 8.91. The van der Waals surface area contributed by atoms with Crippen LogP contribution in [-0.2, 0) is 4.74 Å². The van der Waals surface area contributed by atoms with Gasteiger partial charge in [0.05, 0.1) is 17.9 Å². The van der Waals surface area contributed by atoms with Crippen molar-refractivity contribution < 1.29 is 9.47 Å². The van der Waals surface area contributed by atoms with Crippen LogP contribution in [0.1, 0.15) is 11.1 Å². The van der Waals surface area contributed by atoms with Gasteiger partial charge in [0.2, 0.25) is 0 Å². The number of hydrogen-bond acceptors (Lipinski definition) is 4. The van der Waals surface area contributed by atoms with Crippen molar-refractivity contribution in [2.24, 2.45) is 0 Å². The average Bonchev–Trinajstić information content (AvgIpc) is 2.23. The first kappa shape index (κ1) is 11.3. The van der Waals surface area contributed by atoms with Crippen LogP contribution in [0.15, 0.2) is 12.1 Å². The van der Waals surface area contributed by atoms with E-state index in [9.17, 15) is 0 Å². The Labute approximate surface area is 89.2 Å². The number of nitrogen functional groups attached to an aromatic ring is 1. The zero-order valence-corrected chi connectivity index (χ0v) is 8.91. The second-order valence-electron chi connectivity index (χ2n) is 3.18. The molecule has 1 rings (SSSR count). The predicted molar refractivity (Wildman–Crippen MR) is 57.7 cm³/mol. The highest BCUT2D eigenvalue weighted by Crippen LogP contribution is 2.26. The fourth-order valence-electron chi connectivity index (χ4n) is 1.21. The normalized spacial score (nSPS) is 9.67. The Morgan fingerprint density at radius 3 is 2.73 bits per heavy atom. The van der Waals surface area contributed by atoms with Crippen LogP contribution in [0.5, 0.6) is 5.75 Å². The Bertz CT molecular complexity index is 383. The number of benzene rings is 1. The number of methoxy groups -OCH3 is 1. The van der Waals surface area contributed by atoms with Gasteiger partial charge in [-0.2, -0.15) is 5.26 Å². The Balaban J connectivity index is 2.88. The molecule has 0 spiro atoms. The van der Waals surface area contributed by atoms with Crippen molar-refractivity contribution >= 4 is 5.69 Å². The SMILES string of the molecule is COCCOc1cc(C)cc(C#N)c1N. The number of nitrogens with two attached hydrogens (primary N) is 1. The van der Waals surface area contributed by atoms with Gasteiger partial charge in [-0.15, -0.1) is 0 Å². The summed E-state index contributed by atoms with van der Waals surface area (Å²) in [7, 11) is 1.60. The minimum absolute atomic E-state index is 0.388. The molecule has 4 nitrogen and oxygen atoms in total. The summed E-state index contributed by atoms with van der Waals surface area (Å²) in [4.78, 5) is 0. The smallest absolute Gasteiger partial charge is 0.143 e. The van der Waals surface area contributed by atoms with Gasteiger partial charge in [-0.3, -0.25) is 0 Å². The molecule has 1 aromatic rings. The Morgan fingerprint density at radius 1 is 1.40 bits per heavy atom. The highest BCUT2D eigenvalue weighted by molar-refractivity contribution is 5.64. The van der Waals surface area contributed by atoms with Crippen LogP contribution < -0.4 is 10.5 Å². The van der Waals surface area contributed by atoms with Crippen LogP contribution in [0, 0.1) is 18.3 Å². The number of ether oxygens (including phenoxy) is 2. The van der Waals surface area contributed by atoms with Crippen molar-refractivity contribution in [3.8, 4) is 11.8 Å². The van der Waals surface area contributed by atoms with Crippen LogP contribution in [0.2, 0.25) is 0 Å². The topological polar surface area (TPSA) is 68.3 Å². The molecule has 0 saturated carbocycles. The van der Waals surface area contributed by atoms with E-state index in [4.69, 9.17) is 20.5 Å². The summed E-state index contributed by atoms with van der Waals surface area (Å²) in [6.07, 6.45) is 0. The molecule has 15 heavy (non-hydrogen) atoms. The van der Waals surface area contributed by atoms with Crippen molar-refractivity contribution in [2.75, 3.05) is 26.1 Å². The molecular weight excluding hydrogens is 192 g/mol. The van der Waals surface area contributed by atoms with Crippen LogP contribution >= 0.6 is 0 Å². The summed E-state index contributed by atoms with van der Waals surface area (Å²) in [5.74, 6) is 0.545. The van der Waals surface area contributed by atoms with Gasteiger partial charge in [0, 0.05) is 7.11 Å². The van der Waals surface area contributed by atoms with Crippen LogP contribution in [0.3, 0.4) is 0 Å². The minimum Gasteiger partial charge on any atom is -0.489 e. The van der Waals surface area contributed by atoms with Gasteiger partial charge in [-0.05, 0) is 24.6 Å². The van der Waals surface area contributed by atoms with Gasteiger partial charge in [-0.1, -0.05) is 0 Å². The maximum atomic E-state index is 8.83. The summed E-state index contributed by atoms with van der Waals surface area (Å²) >= 11 is 0. The molecule has 0 atom stereocenters. The van der Waals surface area contributed by atoms with Crippen molar-refractivity contribution in [3.05, 3.63) is 23.3 Å². The van der Waals surface area contributed by atoms with E-state index in [2.05, 4.69) is 0 Å². The molecule has 0 saturated heterocycles. The van der Waals surface area contributed by atoms with E-state index in [1.807, 2.05) is 19.1 Å². The van der Waals surface area contributed by atoms with Crippen molar-refractivity contribution in [1.29, 1.82) is 5.26 Å². The van der Waals surface area contributed by atoms with Crippen LogP contribution in [0.4, 0.5) is 5.69 Å². The van der Waals surface area contributed by atoms with E-state index in [1.54, 1.807) is 13.2 Å². The van der Waals surface area contributed by atoms with E-state index in [-0.39, 0.29) is 0 Å². The molecule has 0 aliphatic heterocycles. The van der Waals surface area contributed by atoms with E-state index in [0.29, 0.717) is 30.2 Å². The number of aryl methyl sites for hydroxylation is 1. The van der Waals surface area contributed by atoms with Crippen LogP contribution in [-0.4, -0.2) is 20.3 Å². The van der Waals surface area contributed by atoms with Gasteiger partial charge in [0.25, 0.3) is 0 Å². The summed E-state index contributed by atoms with van der Waals surface area (Å²) in [5.41, 5.74) is 7.54. The van der Waals surface area contributed by atoms with E-state index in [0.717, 1.165) is 5.56 Å². The first-order chi connectivity index (χ1) is 7.19. The minimum atomic E-state index is 0.388. The highest BCUT2D eigenvalue weighted by atomic mass is 16.5. The molecule has 0 bridgehead atoms. The molecule has 0 aliphatic carbocycles. The lowest BCUT2D eigenvalue weighted by molar-refractivity contribution is 0.146. The third-order valence-corrected chi connectivity index (χ3v) is 1.95. The second kappa shape index (κ2) is 5.23.